The molecule has 0 spiro atoms. The number of halogens is 1. The molecule has 0 aliphatic rings. The Morgan fingerprint density at radius 2 is 2.21 bits per heavy atom. The predicted molar refractivity (Wildman–Crippen MR) is 67.9 cm³/mol. The smallest absolute Gasteiger partial charge is 0.0341 e. The summed E-state index contributed by atoms with van der Waals surface area (Å²) in [6.07, 6.45) is 1.22. The molecule has 1 rings (SSSR count). The Balaban J connectivity index is 2.61. The van der Waals surface area contributed by atoms with Crippen LogP contribution in [-0.4, -0.2) is 17.5 Å². The number of hydrogen-bond donors (Lipinski definition) is 0. The van der Waals surface area contributed by atoms with Crippen LogP contribution in [0.1, 0.15) is 32.1 Å². The molecule has 1 unspecified atom stereocenters. The summed E-state index contributed by atoms with van der Waals surface area (Å²) < 4.78 is 1.25. The standard InChI is InChI=1S/C11H18BrNS/c1-4-9(3)13(5-2)8-11-10(12)6-7-14-11/h6-7,9H,4-5,8H2,1-3H3. The Kier molecular flexibility index (Phi) is 5.13. The van der Waals surface area contributed by atoms with Gasteiger partial charge >= 0.3 is 0 Å². The lowest BCUT2D eigenvalue weighted by molar-refractivity contribution is 0.207. The van der Waals surface area contributed by atoms with Crippen LogP contribution in [0.4, 0.5) is 0 Å². The maximum atomic E-state index is 3.58. The summed E-state index contributed by atoms with van der Waals surface area (Å²) >= 11 is 5.41. The highest BCUT2D eigenvalue weighted by Crippen LogP contribution is 2.25. The second-order valence-corrected chi connectivity index (χ2v) is 5.37. The van der Waals surface area contributed by atoms with E-state index < -0.39 is 0 Å². The number of hydrogen-bond acceptors (Lipinski definition) is 2. The zero-order valence-electron chi connectivity index (χ0n) is 9.09. The molecule has 1 aromatic rings. The fourth-order valence-electron chi connectivity index (χ4n) is 1.46. The van der Waals surface area contributed by atoms with Crippen molar-refractivity contribution in [3.8, 4) is 0 Å². The van der Waals surface area contributed by atoms with Gasteiger partial charge in [-0.25, -0.2) is 0 Å². The highest BCUT2D eigenvalue weighted by atomic mass is 79.9. The highest BCUT2D eigenvalue weighted by Gasteiger charge is 2.12. The Bertz CT molecular complexity index is 272. The Hall–Kier alpha value is 0.140. The second kappa shape index (κ2) is 5.89. The summed E-state index contributed by atoms with van der Waals surface area (Å²) in [6.45, 7) is 8.97. The Morgan fingerprint density at radius 3 is 2.64 bits per heavy atom. The Morgan fingerprint density at radius 1 is 1.50 bits per heavy atom. The van der Waals surface area contributed by atoms with Gasteiger partial charge in [0.2, 0.25) is 0 Å². The monoisotopic (exact) mass is 275 g/mol. The molecule has 1 heterocycles. The third-order valence-corrected chi connectivity index (χ3v) is 4.57. The molecule has 14 heavy (non-hydrogen) atoms. The van der Waals surface area contributed by atoms with Gasteiger partial charge in [0.1, 0.15) is 0 Å². The number of rotatable bonds is 5. The van der Waals surface area contributed by atoms with Gasteiger partial charge in [-0.05, 0) is 47.3 Å². The van der Waals surface area contributed by atoms with Crippen LogP contribution in [0.15, 0.2) is 15.9 Å². The van der Waals surface area contributed by atoms with Gasteiger partial charge in [-0.1, -0.05) is 13.8 Å². The molecule has 0 aliphatic carbocycles. The molecule has 0 aromatic carbocycles. The van der Waals surface area contributed by atoms with Crippen molar-refractivity contribution in [1.82, 2.24) is 4.90 Å². The molecule has 1 aromatic heterocycles. The predicted octanol–water partition coefficient (Wildman–Crippen LogP) is 4.13. The summed E-state index contributed by atoms with van der Waals surface area (Å²) in [4.78, 5) is 3.95. The fraction of sp³-hybridized carbons (Fsp3) is 0.636. The average Bonchev–Trinajstić information content (AvgIpc) is 2.59. The normalized spacial score (nSPS) is 13.5. The van der Waals surface area contributed by atoms with Gasteiger partial charge in [0, 0.05) is 21.9 Å². The minimum atomic E-state index is 0.675. The molecule has 0 radical (unpaired) electrons. The van der Waals surface area contributed by atoms with Crippen LogP contribution < -0.4 is 0 Å². The molecule has 0 saturated heterocycles. The van der Waals surface area contributed by atoms with E-state index in [0.29, 0.717) is 6.04 Å². The molecular formula is C11H18BrNS. The first kappa shape index (κ1) is 12.2. The van der Waals surface area contributed by atoms with E-state index in [1.165, 1.54) is 15.8 Å². The fourth-order valence-corrected chi connectivity index (χ4v) is 2.96. The van der Waals surface area contributed by atoms with E-state index in [-0.39, 0.29) is 0 Å². The van der Waals surface area contributed by atoms with Crippen LogP contribution >= 0.6 is 27.3 Å². The van der Waals surface area contributed by atoms with Crippen molar-refractivity contribution < 1.29 is 0 Å². The van der Waals surface area contributed by atoms with E-state index in [1.807, 2.05) is 11.3 Å². The van der Waals surface area contributed by atoms with Crippen LogP contribution in [0, 0.1) is 0 Å². The van der Waals surface area contributed by atoms with Crippen molar-refractivity contribution in [2.24, 2.45) is 0 Å². The lowest BCUT2D eigenvalue weighted by Gasteiger charge is -2.26. The SMILES string of the molecule is CCC(C)N(CC)Cc1sccc1Br. The minimum absolute atomic E-state index is 0.675. The summed E-state index contributed by atoms with van der Waals surface area (Å²) in [5.74, 6) is 0. The Labute approximate surface area is 99.3 Å². The van der Waals surface area contributed by atoms with E-state index in [2.05, 4.69) is 53.0 Å². The first-order valence-corrected chi connectivity index (χ1v) is 6.82. The van der Waals surface area contributed by atoms with Crippen molar-refractivity contribution in [1.29, 1.82) is 0 Å². The summed E-state index contributed by atoms with van der Waals surface area (Å²) in [6, 6.07) is 2.80. The average molecular weight is 276 g/mol. The van der Waals surface area contributed by atoms with E-state index >= 15 is 0 Å². The summed E-state index contributed by atoms with van der Waals surface area (Å²) in [7, 11) is 0. The molecule has 0 N–H and O–H groups in total. The van der Waals surface area contributed by atoms with Crippen LogP contribution in [0.25, 0.3) is 0 Å². The number of thiophene rings is 1. The van der Waals surface area contributed by atoms with Crippen LogP contribution in [0.3, 0.4) is 0 Å². The van der Waals surface area contributed by atoms with Crippen molar-refractivity contribution in [2.45, 2.75) is 39.8 Å². The van der Waals surface area contributed by atoms with Crippen LogP contribution in [-0.2, 0) is 6.54 Å². The summed E-state index contributed by atoms with van der Waals surface area (Å²) in [5.41, 5.74) is 0. The molecule has 0 aliphatic heterocycles. The van der Waals surface area contributed by atoms with Crippen LogP contribution in [0.5, 0.6) is 0 Å². The zero-order chi connectivity index (χ0) is 10.6. The van der Waals surface area contributed by atoms with Crippen molar-refractivity contribution >= 4 is 27.3 Å². The van der Waals surface area contributed by atoms with E-state index in [9.17, 15) is 0 Å². The van der Waals surface area contributed by atoms with Gasteiger partial charge < -0.3 is 0 Å². The number of nitrogens with zero attached hydrogens (tertiary/aromatic N) is 1. The van der Waals surface area contributed by atoms with Gasteiger partial charge in [-0.3, -0.25) is 4.90 Å². The van der Waals surface area contributed by atoms with Crippen molar-refractivity contribution in [2.75, 3.05) is 6.54 Å². The van der Waals surface area contributed by atoms with E-state index in [0.717, 1.165) is 13.1 Å². The quantitative estimate of drug-likeness (QED) is 0.781. The molecule has 80 valence electrons. The summed E-state index contributed by atoms with van der Waals surface area (Å²) in [5, 5.41) is 2.14. The van der Waals surface area contributed by atoms with Crippen molar-refractivity contribution in [3.63, 3.8) is 0 Å². The van der Waals surface area contributed by atoms with Crippen LogP contribution in [0.2, 0.25) is 0 Å². The molecule has 0 amide bonds. The largest absolute Gasteiger partial charge is 0.296 e. The maximum absolute atomic E-state index is 3.58. The third kappa shape index (κ3) is 3.07. The van der Waals surface area contributed by atoms with E-state index in [1.54, 1.807) is 0 Å². The van der Waals surface area contributed by atoms with Crippen molar-refractivity contribution in [3.05, 3.63) is 20.8 Å². The molecule has 0 bridgehead atoms. The third-order valence-electron chi connectivity index (χ3n) is 2.66. The van der Waals surface area contributed by atoms with Gasteiger partial charge in [-0.2, -0.15) is 0 Å². The molecule has 1 atom stereocenters. The minimum Gasteiger partial charge on any atom is -0.296 e. The topological polar surface area (TPSA) is 3.24 Å². The van der Waals surface area contributed by atoms with Gasteiger partial charge in [0.25, 0.3) is 0 Å². The molecule has 1 nitrogen and oxygen atoms in total. The van der Waals surface area contributed by atoms with E-state index in [4.69, 9.17) is 0 Å². The second-order valence-electron chi connectivity index (χ2n) is 3.51. The molecule has 0 fully saturated rings. The highest BCUT2D eigenvalue weighted by molar-refractivity contribution is 9.10. The molecule has 3 heteroatoms. The zero-order valence-corrected chi connectivity index (χ0v) is 11.5. The first-order valence-electron chi connectivity index (χ1n) is 5.14. The molecule has 0 saturated carbocycles. The maximum Gasteiger partial charge on any atom is 0.0341 e. The molecular weight excluding hydrogens is 258 g/mol. The lowest BCUT2D eigenvalue weighted by atomic mass is 10.2. The van der Waals surface area contributed by atoms with Gasteiger partial charge in [0.05, 0.1) is 0 Å². The van der Waals surface area contributed by atoms with Gasteiger partial charge in [0.15, 0.2) is 0 Å². The first-order chi connectivity index (χ1) is 6.69. The lowest BCUT2D eigenvalue weighted by Crippen LogP contribution is -2.31. The van der Waals surface area contributed by atoms with Gasteiger partial charge in [-0.15, -0.1) is 11.3 Å².